The van der Waals surface area contributed by atoms with E-state index in [4.69, 9.17) is 9.47 Å². The number of aliphatic hydroxyl groups excluding tert-OH is 1. The molecule has 33 heavy (non-hydrogen) atoms. The molecule has 1 spiro atoms. The Morgan fingerprint density at radius 2 is 1.09 bits per heavy atom. The molecular formula is C30H26O3. The largest absolute Gasteiger partial charge is 0.494 e. The lowest BCUT2D eigenvalue weighted by atomic mass is 9.70. The Kier molecular flexibility index (Phi) is 4.74. The van der Waals surface area contributed by atoms with Crippen LogP contribution in [0.25, 0.3) is 22.3 Å². The van der Waals surface area contributed by atoms with Gasteiger partial charge in [0.2, 0.25) is 0 Å². The van der Waals surface area contributed by atoms with E-state index in [9.17, 15) is 5.11 Å². The lowest BCUT2D eigenvalue weighted by Gasteiger charge is -2.30. The van der Waals surface area contributed by atoms with Gasteiger partial charge in [-0.25, -0.2) is 0 Å². The van der Waals surface area contributed by atoms with E-state index in [1.807, 2.05) is 6.07 Å². The Morgan fingerprint density at radius 3 is 1.61 bits per heavy atom. The minimum atomic E-state index is -0.429. The number of rotatable bonds is 6. The van der Waals surface area contributed by atoms with Crippen molar-refractivity contribution in [1.82, 2.24) is 0 Å². The molecule has 0 aromatic heterocycles. The first kappa shape index (κ1) is 20.1. The van der Waals surface area contributed by atoms with E-state index in [-0.39, 0.29) is 13.2 Å². The second kappa shape index (κ2) is 7.79. The molecule has 0 saturated carbocycles. The number of benzene rings is 4. The van der Waals surface area contributed by atoms with Crippen LogP contribution < -0.4 is 9.47 Å². The zero-order chi connectivity index (χ0) is 22.4. The van der Waals surface area contributed by atoms with Crippen LogP contribution in [0.5, 0.6) is 11.5 Å². The van der Waals surface area contributed by atoms with Crippen LogP contribution in [0.15, 0.2) is 84.9 Å². The molecule has 4 aromatic carbocycles. The third kappa shape index (κ3) is 2.79. The van der Waals surface area contributed by atoms with E-state index in [0.717, 1.165) is 17.9 Å². The highest BCUT2D eigenvalue weighted by molar-refractivity contribution is 5.95. The summed E-state index contributed by atoms with van der Waals surface area (Å²) in [6.45, 7) is 3.10. The van der Waals surface area contributed by atoms with Gasteiger partial charge in [-0.1, -0.05) is 67.6 Å². The number of ether oxygens (including phenoxy) is 2. The van der Waals surface area contributed by atoms with Crippen LogP contribution >= 0.6 is 0 Å². The lowest BCUT2D eigenvalue weighted by molar-refractivity contribution is 0.201. The van der Waals surface area contributed by atoms with Gasteiger partial charge in [-0.2, -0.15) is 0 Å². The molecular weight excluding hydrogens is 408 g/mol. The van der Waals surface area contributed by atoms with E-state index in [0.29, 0.717) is 6.61 Å². The molecule has 4 aromatic rings. The molecule has 164 valence electrons. The van der Waals surface area contributed by atoms with Crippen molar-refractivity contribution in [1.29, 1.82) is 0 Å². The molecule has 0 amide bonds. The van der Waals surface area contributed by atoms with Gasteiger partial charge in [-0.05, 0) is 75.2 Å². The average molecular weight is 435 g/mol. The SMILES string of the molecule is CCCOc1ccc2c(c1)C1(c3ccccc3-2)c2ccccc2-c2ccc(OCCO)cc21. The van der Waals surface area contributed by atoms with E-state index < -0.39 is 5.41 Å². The van der Waals surface area contributed by atoms with Crippen LogP contribution in [0.2, 0.25) is 0 Å². The van der Waals surface area contributed by atoms with Crippen LogP contribution in [-0.4, -0.2) is 24.9 Å². The number of fused-ring (bicyclic) bond motifs is 10. The van der Waals surface area contributed by atoms with Gasteiger partial charge in [-0.3, -0.25) is 0 Å². The third-order valence-corrected chi connectivity index (χ3v) is 6.87. The Balaban J connectivity index is 1.68. The summed E-state index contributed by atoms with van der Waals surface area (Å²) in [5, 5.41) is 9.29. The predicted octanol–water partition coefficient (Wildman–Crippen LogP) is 6.19. The quantitative estimate of drug-likeness (QED) is 0.340. The number of aliphatic hydroxyl groups is 1. The van der Waals surface area contributed by atoms with Crippen molar-refractivity contribution in [3.63, 3.8) is 0 Å². The van der Waals surface area contributed by atoms with Crippen LogP contribution in [0.1, 0.15) is 35.6 Å². The maximum Gasteiger partial charge on any atom is 0.119 e. The van der Waals surface area contributed by atoms with Crippen molar-refractivity contribution in [3.8, 4) is 33.8 Å². The molecule has 0 aliphatic heterocycles. The van der Waals surface area contributed by atoms with Crippen LogP contribution in [0.4, 0.5) is 0 Å². The third-order valence-electron chi connectivity index (χ3n) is 6.87. The minimum absolute atomic E-state index is 0.00769. The molecule has 1 N–H and O–H groups in total. The topological polar surface area (TPSA) is 38.7 Å². The van der Waals surface area contributed by atoms with Gasteiger partial charge < -0.3 is 14.6 Å². The highest BCUT2D eigenvalue weighted by atomic mass is 16.5. The van der Waals surface area contributed by atoms with Crippen molar-refractivity contribution in [2.24, 2.45) is 0 Å². The summed E-state index contributed by atoms with van der Waals surface area (Å²) >= 11 is 0. The number of hydrogen-bond donors (Lipinski definition) is 1. The van der Waals surface area contributed by atoms with Gasteiger partial charge in [0.1, 0.15) is 18.1 Å². The maximum atomic E-state index is 9.29. The van der Waals surface area contributed by atoms with Crippen LogP contribution in [0, 0.1) is 0 Å². The van der Waals surface area contributed by atoms with Gasteiger partial charge in [0.15, 0.2) is 0 Å². The van der Waals surface area contributed by atoms with E-state index >= 15 is 0 Å². The van der Waals surface area contributed by atoms with E-state index in [2.05, 4.69) is 85.8 Å². The molecule has 1 atom stereocenters. The molecule has 0 radical (unpaired) electrons. The monoisotopic (exact) mass is 434 g/mol. The molecule has 0 saturated heterocycles. The second-order valence-corrected chi connectivity index (χ2v) is 8.68. The number of hydrogen-bond acceptors (Lipinski definition) is 3. The summed E-state index contributed by atoms with van der Waals surface area (Å²) in [5.74, 6) is 1.68. The summed E-state index contributed by atoms with van der Waals surface area (Å²) in [6.07, 6.45) is 0.972. The Hall–Kier alpha value is -3.56. The summed E-state index contributed by atoms with van der Waals surface area (Å²) < 4.78 is 11.9. The smallest absolute Gasteiger partial charge is 0.119 e. The first-order valence-electron chi connectivity index (χ1n) is 11.6. The zero-order valence-corrected chi connectivity index (χ0v) is 18.7. The second-order valence-electron chi connectivity index (χ2n) is 8.68. The van der Waals surface area contributed by atoms with Gasteiger partial charge >= 0.3 is 0 Å². The Labute approximate surface area is 194 Å². The summed E-state index contributed by atoms with van der Waals surface area (Å²) in [6, 6.07) is 30.3. The lowest BCUT2D eigenvalue weighted by Crippen LogP contribution is -2.26. The van der Waals surface area contributed by atoms with Gasteiger partial charge in [-0.15, -0.1) is 0 Å². The maximum absolute atomic E-state index is 9.29. The fourth-order valence-electron chi connectivity index (χ4n) is 5.66. The molecule has 2 aliphatic carbocycles. The first-order valence-corrected chi connectivity index (χ1v) is 11.6. The van der Waals surface area contributed by atoms with Gasteiger partial charge in [0.25, 0.3) is 0 Å². The van der Waals surface area contributed by atoms with Crippen LogP contribution in [-0.2, 0) is 5.41 Å². The van der Waals surface area contributed by atoms with Crippen LogP contribution in [0.3, 0.4) is 0 Å². The molecule has 0 heterocycles. The standard InChI is InChI=1S/C30H26O3/c1-2-16-32-20-11-13-24-22-7-3-5-9-26(22)30(28(24)18-20)27-10-6-4-8-23(27)25-14-12-21(19-29(25)30)33-17-15-31/h3-14,18-19,31H,2,15-17H2,1H3. The summed E-state index contributed by atoms with van der Waals surface area (Å²) in [4.78, 5) is 0. The zero-order valence-electron chi connectivity index (χ0n) is 18.7. The van der Waals surface area contributed by atoms with E-state index in [1.54, 1.807) is 0 Å². The van der Waals surface area contributed by atoms with Crippen molar-refractivity contribution in [3.05, 3.63) is 107 Å². The molecule has 0 fully saturated rings. The predicted molar refractivity (Wildman–Crippen MR) is 131 cm³/mol. The molecule has 6 rings (SSSR count). The fraction of sp³-hybridized carbons (Fsp3) is 0.200. The molecule has 2 aliphatic rings. The molecule has 3 heteroatoms. The van der Waals surface area contributed by atoms with Crippen molar-refractivity contribution < 1.29 is 14.6 Å². The molecule has 0 bridgehead atoms. The first-order chi connectivity index (χ1) is 16.3. The van der Waals surface area contributed by atoms with Crippen molar-refractivity contribution in [2.45, 2.75) is 18.8 Å². The average Bonchev–Trinajstić information content (AvgIpc) is 3.33. The Morgan fingerprint density at radius 1 is 0.606 bits per heavy atom. The van der Waals surface area contributed by atoms with Gasteiger partial charge in [0, 0.05) is 0 Å². The van der Waals surface area contributed by atoms with Gasteiger partial charge in [0.05, 0.1) is 18.6 Å². The molecule has 3 nitrogen and oxygen atoms in total. The fourth-order valence-corrected chi connectivity index (χ4v) is 5.66. The summed E-state index contributed by atoms with van der Waals surface area (Å²) in [7, 11) is 0. The molecule has 1 unspecified atom stereocenters. The normalized spacial score (nSPS) is 16.8. The highest BCUT2D eigenvalue weighted by Gasteiger charge is 2.51. The Bertz CT molecular complexity index is 1250. The minimum Gasteiger partial charge on any atom is -0.494 e. The summed E-state index contributed by atoms with van der Waals surface area (Å²) in [5.41, 5.74) is 9.62. The highest BCUT2D eigenvalue weighted by Crippen LogP contribution is 2.63. The van der Waals surface area contributed by atoms with E-state index in [1.165, 1.54) is 44.5 Å². The van der Waals surface area contributed by atoms with Crippen molar-refractivity contribution >= 4 is 0 Å². The van der Waals surface area contributed by atoms with Crippen molar-refractivity contribution in [2.75, 3.05) is 19.8 Å².